The Morgan fingerprint density at radius 3 is 2.41 bits per heavy atom. The van der Waals surface area contributed by atoms with Gasteiger partial charge in [0.05, 0.1) is 12.2 Å². The number of allylic oxidation sites excluding steroid dienone is 1. The molecule has 0 unspecified atom stereocenters. The van der Waals surface area contributed by atoms with Crippen LogP contribution in [0, 0.1) is 28.1 Å². The number of aliphatic hydroxyl groups excluding tert-OH is 2. The van der Waals surface area contributed by atoms with Crippen LogP contribution in [-0.2, 0) is 0 Å². The number of rotatable bonds is 0. The summed E-state index contributed by atoms with van der Waals surface area (Å²) in [4.78, 5) is 0. The SMILES string of the molecule is C[C@@]12CC[C@H](O)[C@]1(C)CC[C@H]1[C@H]2CC=C2C[C@@H](O)CC[C@]21C. The summed E-state index contributed by atoms with van der Waals surface area (Å²) in [5, 5.41) is 20.7. The quantitative estimate of drug-likeness (QED) is 0.663. The van der Waals surface area contributed by atoms with Crippen molar-refractivity contribution in [3.8, 4) is 0 Å². The van der Waals surface area contributed by atoms with Gasteiger partial charge in [0.15, 0.2) is 0 Å². The third-order valence-corrected chi connectivity index (χ3v) is 8.88. The molecule has 2 nitrogen and oxygen atoms in total. The van der Waals surface area contributed by atoms with Crippen LogP contribution in [0.1, 0.15) is 72.1 Å². The van der Waals surface area contributed by atoms with Crippen LogP contribution in [0.3, 0.4) is 0 Å². The van der Waals surface area contributed by atoms with Crippen LogP contribution in [0.25, 0.3) is 0 Å². The van der Waals surface area contributed by atoms with Gasteiger partial charge in [0, 0.05) is 0 Å². The average molecular weight is 304 g/mol. The lowest BCUT2D eigenvalue weighted by atomic mass is 9.43. The number of hydrogen-bond acceptors (Lipinski definition) is 2. The van der Waals surface area contributed by atoms with Crippen molar-refractivity contribution in [2.45, 2.75) is 84.3 Å². The Morgan fingerprint density at radius 2 is 1.64 bits per heavy atom. The largest absolute Gasteiger partial charge is 0.393 e. The summed E-state index contributed by atoms with van der Waals surface area (Å²) in [7, 11) is 0. The molecule has 0 radical (unpaired) electrons. The van der Waals surface area contributed by atoms with Gasteiger partial charge in [-0.05, 0) is 79.4 Å². The first-order valence-corrected chi connectivity index (χ1v) is 9.37. The Hall–Kier alpha value is -0.340. The fraction of sp³-hybridized carbons (Fsp3) is 0.900. The van der Waals surface area contributed by atoms with Gasteiger partial charge in [-0.2, -0.15) is 0 Å². The molecule has 0 amide bonds. The highest BCUT2D eigenvalue weighted by Crippen LogP contribution is 2.70. The zero-order chi connectivity index (χ0) is 15.8. The molecule has 4 aliphatic rings. The van der Waals surface area contributed by atoms with Crippen LogP contribution in [0.4, 0.5) is 0 Å². The van der Waals surface area contributed by atoms with Gasteiger partial charge in [-0.25, -0.2) is 0 Å². The molecule has 0 aromatic carbocycles. The fourth-order valence-corrected chi connectivity index (χ4v) is 7.00. The highest BCUT2D eigenvalue weighted by atomic mass is 16.3. The monoisotopic (exact) mass is 304 g/mol. The van der Waals surface area contributed by atoms with Crippen LogP contribution in [0.2, 0.25) is 0 Å². The Labute approximate surface area is 135 Å². The summed E-state index contributed by atoms with van der Waals surface area (Å²) < 4.78 is 0. The number of hydrogen-bond donors (Lipinski definition) is 2. The highest BCUT2D eigenvalue weighted by Gasteiger charge is 2.64. The topological polar surface area (TPSA) is 40.5 Å². The van der Waals surface area contributed by atoms with Crippen molar-refractivity contribution >= 4 is 0 Å². The van der Waals surface area contributed by atoms with Gasteiger partial charge in [0.25, 0.3) is 0 Å². The van der Waals surface area contributed by atoms with E-state index in [1.165, 1.54) is 25.7 Å². The van der Waals surface area contributed by atoms with Gasteiger partial charge in [0.1, 0.15) is 0 Å². The molecule has 0 heterocycles. The third-order valence-electron chi connectivity index (χ3n) is 8.88. The normalized spacial score (nSPS) is 57.6. The van der Waals surface area contributed by atoms with E-state index in [1.54, 1.807) is 5.57 Å². The molecule has 3 fully saturated rings. The zero-order valence-corrected chi connectivity index (χ0v) is 14.4. The standard InChI is InChI=1S/C20H32O2/c1-18-9-6-14(21)12-13(18)4-5-16-15(18)7-10-20(3)17(22)8-11-19(16,20)2/h4,14-17,21-22H,5-12H2,1-3H3/t14-,15-,16+,17-,18+,19-,20-/m0/s1. The van der Waals surface area contributed by atoms with Crippen LogP contribution in [0.5, 0.6) is 0 Å². The molecule has 0 aliphatic heterocycles. The Kier molecular flexibility index (Phi) is 3.18. The molecule has 4 rings (SSSR count). The van der Waals surface area contributed by atoms with E-state index in [0.717, 1.165) is 31.6 Å². The Morgan fingerprint density at radius 1 is 0.909 bits per heavy atom. The first kappa shape index (κ1) is 15.2. The molecule has 0 aromatic rings. The molecule has 0 saturated heterocycles. The lowest BCUT2D eigenvalue weighted by Crippen LogP contribution is -2.56. The second-order valence-corrected chi connectivity index (χ2v) is 9.42. The molecule has 3 saturated carbocycles. The van der Waals surface area contributed by atoms with Crippen LogP contribution < -0.4 is 0 Å². The second-order valence-electron chi connectivity index (χ2n) is 9.42. The molecule has 4 aliphatic carbocycles. The van der Waals surface area contributed by atoms with Gasteiger partial charge in [0.2, 0.25) is 0 Å². The predicted octanol–water partition coefficient (Wildman–Crippen LogP) is 4.06. The molecular weight excluding hydrogens is 272 g/mol. The van der Waals surface area contributed by atoms with Crippen LogP contribution in [-0.4, -0.2) is 22.4 Å². The van der Waals surface area contributed by atoms with E-state index in [1.807, 2.05) is 0 Å². The zero-order valence-electron chi connectivity index (χ0n) is 14.4. The van der Waals surface area contributed by atoms with Crippen molar-refractivity contribution in [1.82, 2.24) is 0 Å². The predicted molar refractivity (Wildman–Crippen MR) is 88.3 cm³/mol. The number of fused-ring (bicyclic) bond motifs is 5. The Bertz CT molecular complexity index is 512. The van der Waals surface area contributed by atoms with Gasteiger partial charge < -0.3 is 10.2 Å². The summed E-state index contributed by atoms with van der Waals surface area (Å²) in [5.74, 6) is 1.47. The molecule has 0 bridgehead atoms. The Balaban J connectivity index is 1.73. The maximum atomic E-state index is 10.6. The molecule has 22 heavy (non-hydrogen) atoms. The molecule has 0 aromatic heterocycles. The van der Waals surface area contributed by atoms with Gasteiger partial charge in [-0.3, -0.25) is 0 Å². The van der Waals surface area contributed by atoms with Crippen molar-refractivity contribution < 1.29 is 10.2 Å². The molecular formula is C20H32O2. The third kappa shape index (κ3) is 1.69. The summed E-state index contributed by atoms with van der Waals surface area (Å²) in [5.41, 5.74) is 2.25. The summed E-state index contributed by atoms with van der Waals surface area (Å²) in [6.07, 6.45) is 11.1. The van der Waals surface area contributed by atoms with Crippen molar-refractivity contribution in [2.24, 2.45) is 28.1 Å². The molecule has 7 atom stereocenters. The van der Waals surface area contributed by atoms with E-state index in [2.05, 4.69) is 26.8 Å². The van der Waals surface area contributed by atoms with E-state index >= 15 is 0 Å². The smallest absolute Gasteiger partial charge is 0.0599 e. The van der Waals surface area contributed by atoms with Crippen molar-refractivity contribution in [3.05, 3.63) is 11.6 Å². The van der Waals surface area contributed by atoms with Gasteiger partial charge in [-0.15, -0.1) is 0 Å². The minimum absolute atomic E-state index is 0.107. The molecule has 0 spiro atoms. The first-order chi connectivity index (χ1) is 10.3. The average Bonchev–Trinajstić information content (AvgIpc) is 2.72. The van der Waals surface area contributed by atoms with Gasteiger partial charge >= 0.3 is 0 Å². The minimum atomic E-state index is -0.117. The summed E-state index contributed by atoms with van der Waals surface area (Å²) in [6.45, 7) is 7.30. The molecule has 2 heteroatoms. The van der Waals surface area contributed by atoms with E-state index in [0.29, 0.717) is 11.3 Å². The maximum absolute atomic E-state index is 10.6. The summed E-state index contributed by atoms with van der Waals surface area (Å²) in [6, 6.07) is 0. The van der Waals surface area contributed by atoms with E-state index in [9.17, 15) is 10.2 Å². The second kappa shape index (κ2) is 4.60. The number of aliphatic hydroxyl groups is 2. The van der Waals surface area contributed by atoms with E-state index < -0.39 is 0 Å². The van der Waals surface area contributed by atoms with Crippen LogP contribution in [0.15, 0.2) is 11.6 Å². The lowest BCUT2D eigenvalue weighted by molar-refractivity contribution is -0.124. The summed E-state index contributed by atoms with van der Waals surface area (Å²) >= 11 is 0. The molecule has 2 N–H and O–H groups in total. The molecule has 124 valence electrons. The van der Waals surface area contributed by atoms with Crippen LogP contribution >= 0.6 is 0 Å². The minimum Gasteiger partial charge on any atom is -0.393 e. The lowest BCUT2D eigenvalue weighted by Gasteiger charge is -2.62. The van der Waals surface area contributed by atoms with Gasteiger partial charge in [-0.1, -0.05) is 32.4 Å². The van der Waals surface area contributed by atoms with Crippen molar-refractivity contribution in [1.29, 1.82) is 0 Å². The van der Waals surface area contributed by atoms with E-state index in [-0.39, 0.29) is 23.0 Å². The van der Waals surface area contributed by atoms with Crippen molar-refractivity contribution in [2.75, 3.05) is 0 Å². The highest BCUT2D eigenvalue weighted by molar-refractivity contribution is 5.26. The maximum Gasteiger partial charge on any atom is 0.0599 e. The fourth-order valence-electron chi connectivity index (χ4n) is 7.00. The van der Waals surface area contributed by atoms with E-state index in [4.69, 9.17) is 0 Å². The van der Waals surface area contributed by atoms with Crippen molar-refractivity contribution in [3.63, 3.8) is 0 Å². The first-order valence-electron chi connectivity index (χ1n) is 9.37.